The van der Waals surface area contributed by atoms with Gasteiger partial charge in [-0.15, -0.1) is 0 Å². The first-order valence-corrected chi connectivity index (χ1v) is 10.6. The Hall–Kier alpha value is -3.19. The largest absolute Gasteiger partial charge is 0.351 e. The van der Waals surface area contributed by atoms with Gasteiger partial charge >= 0.3 is 0 Å². The molecule has 5 rings (SSSR count). The van der Waals surface area contributed by atoms with Gasteiger partial charge in [0.2, 0.25) is 5.95 Å². The Morgan fingerprint density at radius 3 is 2.80 bits per heavy atom. The van der Waals surface area contributed by atoms with Crippen LogP contribution in [0.1, 0.15) is 44.2 Å². The van der Waals surface area contributed by atoms with Crippen LogP contribution in [0, 0.1) is 18.3 Å². The van der Waals surface area contributed by atoms with Crippen molar-refractivity contribution in [3.8, 4) is 6.07 Å². The summed E-state index contributed by atoms with van der Waals surface area (Å²) >= 11 is 0. The molecule has 0 saturated carbocycles. The molecule has 30 heavy (non-hydrogen) atoms. The molecular weight excluding hydrogens is 380 g/mol. The van der Waals surface area contributed by atoms with Crippen LogP contribution < -0.4 is 10.6 Å². The lowest BCUT2D eigenvalue weighted by Gasteiger charge is -2.48. The third kappa shape index (κ3) is 3.68. The van der Waals surface area contributed by atoms with Gasteiger partial charge in [0, 0.05) is 42.9 Å². The molecule has 2 fully saturated rings. The Kier molecular flexibility index (Phi) is 4.96. The first-order chi connectivity index (χ1) is 14.7. The third-order valence-electron chi connectivity index (χ3n) is 6.20. The van der Waals surface area contributed by atoms with Crippen molar-refractivity contribution in [2.45, 2.75) is 63.6 Å². The molecule has 0 spiro atoms. The van der Waals surface area contributed by atoms with Gasteiger partial charge < -0.3 is 10.6 Å². The first-order valence-electron chi connectivity index (χ1n) is 10.6. The molecular formula is C20H26N10. The van der Waals surface area contributed by atoms with Gasteiger partial charge in [-0.25, -0.2) is 0 Å². The summed E-state index contributed by atoms with van der Waals surface area (Å²) in [4.78, 5) is 11.9. The quantitative estimate of drug-likeness (QED) is 0.491. The second-order valence-electron chi connectivity index (χ2n) is 8.29. The summed E-state index contributed by atoms with van der Waals surface area (Å²) in [5, 5.41) is 30.9. The summed E-state index contributed by atoms with van der Waals surface area (Å²) in [5.41, 5.74) is 1.66. The molecule has 2 aliphatic heterocycles. The number of aromatic nitrogens is 6. The van der Waals surface area contributed by atoms with E-state index in [9.17, 15) is 0 Å². The molecule has 2 saturated heterocycles. The number of nitrogens with one attached hydrogen (secondary N) is 4. The van der Waals surface area contributed by atoms with Crippen molar-refractivity contribution in [1.29, 1.82) is 5.26 Å². The highest BCUT2D eigenvalue weighted by Gasteiger charge is 2.38. The van der Waals surface area contributed by atoms with Crippen molar-refractivity contribution in [1.82, 2.24) is 35.3 Å². The number of H-pyrrole nitrogens is 2. The maximum atomic E-state index is 8.98. The topological polar surface area (TPSA) is 134 Å². The number of rotatable bonds is 6. The maximum Gasteiger partial charge on any atom is 0.226 e. The van der Waals surface area contributed by atoms with Gasteiger partial charge in [0.05, 0.1) is 17.7 Å². The van der Waals surface area contributed by atoms with E-state index in [4.69, 9.17) is 10.2 Å². The average Bonchev–Trinajstić information content (AvgIpc) is 3.35. The second kappa shape index (κ2) is 7.91. The van der Waals surface area contributed by atoms with E-state index in [1.54, 1.807) is 6.20 Å². The predicted octanol–water partition coefficient (Wildman–Crippen LogP) is 2.84. The molecule has 0 radical (unpaired) electrons. The number of hydrogen-bond acceptors (Lipinski definition) is 8. The van der Waals surface area contributed by atoms with Crippen LogP contribution in [-0.2, 0) is 0 Å². The van der Waals surface area contributed by atoms with Gasteiger partial charge in [-0.3, -0.25) is 15.1 Å². The number of hydrogen-bond donors (Lipinski definition) is 4. The van der Waals surface area contributed by atoms with Crippen molar-refractivity contribution < 1.29 is 0 Å². The Morgan fingerprint density at radius 1 is 1.23 bits per heavy atom. The zero-order chi connectivity index (χ0) is 20.5. The number of nitrogens with zero attached hydrogens (tertiary/aromatic N) is 6. The average molecular weight is 406 g/mol. The van der Waals surface area contributed by atoms with Crippen molar-refractivity contribution in [3.63, 3.8) is 0 Å². The molecule has 4 N–H and O–H groups in total. The third-order valence-corrected chi connectivity index (χ3v) is 6.20. The van der Waals surface area contributed by atoms with Gasteiger partial charge in [0.25, 0.3) is 0 Å². The van der Waals surface area contributed by atoms with Crippen LogP contribution in [-0.4, -0.2) is 59.9 Å². The van der Waals surface area contributed by atoms with Gasteiger partial charge in [0.15, 0.2) is 11.5 Å². The summed E-state index contributed by atoms with van der Waals surface area (Å²) in [6, 6.07) is 5.61. The van der Waals surface area contributed by atoms with Crippen LogP contribution in [0.3, 0.4) is 0 Å². The minimum absolute atomic E-state index is 0.319. The van der Waals surface area contributed by atoms with E-state index in [1.807, 2.05) is 13.0 Å². The van der Waals surface area contributed by atoms with Crippen molar-refractivity contribution >= 4 is 28.6 Å². The number of anilines is 3. The van der Waals surface area contributed by atoms with Crippen LogP contribution in [0.25, 0.3) is 11.0 Å². The van der Waals surface area contributed by atoms with E-state index in [2.05, 4.69) is 47.0 Å². The van der Waals surface area contributed by atoms with Crippen molar-refractivity contribution in [3.05, 3.63) is 18.0 Å². The van der Waals surface area contributed by atoms with Crippen LogP contribution >= 0.6 is 0 Å². The molecule has 0 amide bonds. The lowest BCUT2D eigenvalue weighted by Crippen LogP contribution is -2.55. The molecule has 3 atom stereocenters. The van der Waals surface area contributed by atoms with Crippen LogP contribution in [0.15, 0.2) is 12.3 Å². The van der Waals surface area contributed by atoms with Crippen LogP contribution in [0.2, 0.25) is 0 Å². The lowest BCUT2D eigenvalue weighted by molar-refractivity contribution is 0.0369. The van der Waals surface area contributed by atoms with E-state index in [-0.39, 0.29) is 0 Å². The predicted molar refractivity (Wildman–Crippen MR) is 113 cm³/mol. The summed E-state index contributed by atoms with van der Waals surface area (Å²) in [7, 11) is 0. The molecule has 1 unspecified atom stereocenters. The fourth-order valence-corrected chi connectivity index (χ4v) is 4.92. The molecule has 0 aliphatic carbocycles. The molecule has 2 bridgehead atoms. The molecule has 0 aromatic carbocycles. The highest BCUT2D eigenvalue weighted by Crippen LogP contribution is 2.35. The maximum absolute atomic E-state index is 8.98. The minimum Gasteiger partial charge on any atom is -0.351 e. The Labute approximate surface area is 174 Å². The minimum atomic E-state index is 0.319. The second-order valence-corrected chi connectivity index (χ2v) is 8.29. The number of fused-ring (bicyclic) bond motifs is 3. The van der Waals surface area contributed by atoms with Crippen molar-refractivity contribution in [2.75, 3.05) is 17.2 Å². The Balaban J connectivity index is 1.35. The number of nitriles is 1. The molecule has 10 heteroatoms. The molecule has 156 valence electrons. The number of aryl methyl sites for hydroxylation is 1. The van der Waals surface area contributed by atoms with E-state index in [0.29, 0.717) is 47.8 Å². The van der Waals surface area contributed by atoms with Gasteiger partial charge in [-0.1, -0.05) is 6.42 Å². The smallest absolute Gasteiger partial charge is 0.226 e. The molecule has 3 aromatic rings. The van der Waals surface area contributed by atoms with Gasteiger partial charge in [-0.2, -0.15) is 25.4 Å². The van der Waals surface area contributed by atoms with Gasteiger partial charge in [-0.05, 0) is 32.6 Å². The van der Waals surface area contributed by atoms with Crippen molar-refractivity contribution in [2.24, 2.45) is 0 Å². The highest BCUT2D eigenvalue weighted by molar-refractivity contribution is 5.88. The standard InChI is InChI=1S/C20H26N10/c1-12-8-17(28-27-12)24-18-16-11-22-29-19(16)26-20(25-18)23-13-9-14-4-2-5-15(10-13)30(14)7-3-6-21/h8,11,13-15H,2-5,7,9-10H2,1H3,(H4,22,23,24,25,26,27,28,29)/t13?,14-,15+. The lowest BCUT2D eigenvalue weighted by atomic mass is 9.81. The summed E-state index contributed by atoms with van der Waals surface area (Å²) in [6.07, 6.45) is 8.10. The molecule has 2 aliphatic rings. The van der Waals surface area contributed by atoms with Crippen LogP contribution in [0.4, 0.5) is 17.6 Å². The fraction of sp³-hybridized carbons (Fsp3) is 0.550. The summed E-state index contributed by atoms with van der Waals surface area (Å²) in [5.74, 6) is 1.98. The van der Waals surface area contributed by atoms with E-state index < -0.39 is 0 Å². The van der Waals surface area contributed by atoms with E-state index >= 15 is 0 Å². The summed E-state index contributed by atoms with van der Waals surface area (Å²) in [6.45, 7) is 2.84. The fourth-order valence-electron chi connectivity index (χ4n) is 4.92. The monoisotopic (exact) mass is 406 g/mol. The van der Waals surface area contributed by atoms with Gasteiger partial charge in [0.1, 0.15) is 5.82 Å². The Bertz CT molecular complexity index is 1050. The SMILES string of the molecule is Cc1cc(Nc2nc(NC3C[C@H]4CCC[C@@H](C3)N4CCC#N)nc3[nH]ncc23)n[nH]1. The normalized spacial score (nSPS) is 23.9. The zero-order valence-corrected chi connectivity index (χ0v) is 17.0. The van der Waals surface area contributed by atoms with E-state index in [1.165, 1.54) is 19.3 Å². The number of piperidine rings is 2. The first kappa shape index (κ1) is 18.8. The summed E-state index contributed by atoms with van der Waals surface area (Å²) < 4.78 is 0. The highest BCUT2D eigenvalue weighted by atomic mass is 15.3. The van der Waals surface area contributed by atoms with E-state index in [0.717, 1.165) is 30.5 Å². The molecule has 5 heterocycles. The molecule has 10 nitrogen and oxygen atoms in total. The number of aromatic amines is 2. The molecule has 3 aromatic heterocycles. The zero-order valence-electron chi connectivity index (χ0n) is 17.0. The van der Waals surface area contributed by atoms with Crippen LogP contribution in [0.5, 0.6) is 0 Å². The Morgan fingerprint density at radius 2 is 2.07 bits per heavy atom.